The Bertz CT molecular complexity index is 626. The molecule has 1 aromatic carbocycles. The molecule has 1 aromatic rings. The van der Waals surface area contributed by atoms with Crippen molar-refractivity contribution in [3.8, 4) is 5.75 Å². The van der Waals surface area contributed by atoms with Gasteiger partial charge in [0, 0.05) is 22.8 Å². The highest BCUT2D eigenvalue weighted by Crippen LogP contribution is 2.32. The SMILES string of the molecule is CCOc1ccc(NC(=O)CC2CCC2)cc1S(=O)(=O)Cl. The van der Waals surface area contributed by atoms with Crippen LogP contribution in [0.25, 0.3) is 0 Å². The molecular weight excluding hydrogens is 314 g/mol. The van der Waals surface area contributed by atoms with Gasteiger partial charge in [-0.05, 0) is 43.9 Å². The molecule has 0 aromatic heterocycles. The lowest BCUT2D eigenvalue weighted by Crippen LogP contribution is -2.21. The molecule has 1 amide bonds. The summed E-state index contributed by atoms with van der Waals surface area (Å²) < 4.78 is 28.4. The fourth-order valence-corrected chi connectivity index (χ4v) is 3.22. The van der Waals surface area contributed by atoms with E-state index in [9.17, 15) is 13.2 Å². The molecule has 2 rings (SSSR count). The number of hydrogen-bond acceptors (Lipinski definition) is 4. The Morgan fingerprint density at radius 3 is 2.67 bits per heavy atom. The van der Waals surface area contributed by atoms with E-state index in [1.807, 2.05) is 0 Å². The van der Waals surface area contributed by atoms with Gasteiger partial charge in [0.05, 0.1) is 6.61 Å². The molecule has 0 spiro atoms. The molecule has 5 nitrogen and oxygen atoms in total. The van der Waals surface area contributed by atoms with Crippen LogP contribution in [0.15, 0.2) is 23.1 Å². The highest BCUT2D eigenvalue weighted by atomic mass is 35.7. The summed E-state index contributed by atoms with van der Waals surface area (Å²) in [6, 6.07) is 4.43. The van der Waals surface area contributed by atoms with Gasteiger partial charge in [0.1, 0.15) is 10.6 Å². The maximum atomic E-state index is 11.9. The van der Waals surface area contributed by atoms with E-state index in [4.69, 9.17) is 15.4 Å². The fraction of sp³-hybridized carbons (Fsp3) is 0.500. The summed E-state index contributed by atoms with van der Waals surface area (Å²) in [5.41, 5.74) is 0.405. The third kappa shape index (κ3) is 4.35. The molecular formula is C14H18ClNO4S. The van der Waals surface area contributed by atoms with Crippen LogP contribution in [0.1, 0.15) is 32.6 Å². The van der Waals surface area contributed by atoms with Crippen LogP contribution in [-0.2, 0) is 13.8 Å². The zero-order valence-corrected chi connectivity index (χ0v) is 13.3. The van der Waals surface area contributed by atoms with Crippen LogP contribution in [0.4, 0.5) is 5.69 Å². The van der Waals surface area contributed by atoms with E-state index in [0.717, 1.165) is 12.8 Å². The first-order chi connectivity index (χ1) is 9.90. The van der Waals surface area contributed by atoms with Gasteiger partial charge >= 0.3 is 0 Å². The van der Waals surface area contributed by atoms with Crippen LogP contribution >= 0.6 is 10.7 Å². The van der Waals surface area contributed by atoms with E-state index in [1.165, 1.54) is 18.6 Å². The number of halogens is 1. The van der Waals surface area contributed by atoms with E-state index in [0.29, 0.717) is 24.6 Å². The number of anilines is 1. The largest absolute Gasteiger partial charge is 0.492 e. The molecule has 7 heteroatoms. The summed E-state index contributed by atoms with van der Waals surface area (Å²) in [6.45, 7) is 2.08. The number of carbonyl (C=O) groups excluding carboxylic acids is 1. The van der Waals surface area contributed by atoms with Gasteiger partial charge in [0.25, 0.3) is 9.05 Å². The van der Waals surface area contributed by atoms with E-state index < -0.39 is 9.05 Å². The molecule has 0 heterocycles. The van der Waals surface area contributed by atoms with Gasteiger partial charge in [0.15, 0.2) is 0 Å². The third-order valence-electron chi connectivity index (χ3n) is 3.49. The zero-order chi connectivity index (χ0) is 15.5. The molecule has 1 N–H and O–H groups in total. The van der Waals surface area contributed by atoms with Crippen molar-refractivity contribution >= 4 is 31.3 Å². The second-order valence-corrected chi connectivity index (χ2v) is 7.62. The average Bonchev–Trinajstić information content (AvgIpc) is 2.35. The zero-order valence-electron chi connectivity index (χ0n) is 11.8. The summed E-state index contributed by atoms with van der Waals surface area (Å²) in [6.07, 6.45) is 3.81. The predicted molar refractivity (Wildman–Crippen MR) is 81.2 cm³/mol. The van der Waals surface area contributed by atoms with Crippen molar-refractivity contribution in [1.29, 1.82) is 0 Å². The monoisotopic (exact) mass is 331 g/mol. The lowest BCUT2D eigenvalue weighted by Gasteiger charge is -2.24. The lowest BCUT2D eigenvalue weighted by molar-refractivity contribution is -0.117. The number of amides is 1. The number of benzene rings is 1. The molecule has 0 atom stereocenters. The summed E-state index contributed by atoms with van der Waals surface area (Å²) >= 11 is 0. The molecule has 0 bridgehead atoms. The molecule has 116 valence electrons. The van der Waals surface area contributed by atoms with Crippen LogP contribution < -0.4 is 10.1 Å². The minimum absolute atomic E-state index is 0.109. The smallest absolute Gasteiger partial charge is 0.265 e. The molecule has 1 aliphatic rings. The highest BCUT2D eigenvalue weighted by molar-refractivity contribution is 8.13. The van der Waals surface area contributed by atoms with Crippen molar-refractivity contribution in [2.75, 3.05) is 11.9 Å². The summed E-state index contributed by atoms with van der Waals surface area (Å²) in [5, 5.41) is 2.71. The molecule has 21 heavy (non-hydrogen) atoms. The maximum Gasteiger partial charge on any atom is 0.265 e. The number of rotatable bonds is 6. The van der Waals surface area contributed by atoms with Crippen LogP contribution in [0.2, 0.25) is 0 Å². The summed E-state index contributed by atoms with van der Waals surface area (Å²) in [5.74, 6) is 0.523. The first-order valence-corrected chi connectivity index (χ1v) is 9.22. The second-order valence-electron chi connectivity index (χ2n) is 5.08. The van der Waals surface area contributed by atoms with E-state index in [1.54, 1.807) is 13.0 Å². The molecule has 0 saturated heterocycles. The molecule has 1 saturated carbocycles. The molecule has 0 radical (unpaired) electrons. The molecule has 0 aliphatic heterocycles. The Hall–Kier alpha value is -1.27. The fourth-order valence-electron chi connectivity index (χ4n) is 2.22. The van der Waals surface area contributed by atoms with Gasteiger partial charge in [-0.1, -0.05) is 6.42 Å². The van der Waals surface area contributed by atoms with E-state index in [-0.39, 0.29) is 16.6 Å². The van der Waals surface area contributed by atoms with Crippen molar-refractivity contribution in [3.63, 3.8) is 0 Å². The van der Waals surface area contributed by atoms with Gasteiger partial charge < -0.3 is 10.1 Å². The van der Waals surface area contributed by atoms with Gasteiger partial charge in [-0.15, -0.1) is 0 Å². The van der Waals surface area contributed by atoms with Gasteiger partial charge in [0.2, 0.25) is 5.91 Å². The highest BCUT2D eigenvalue weighted by Gasteiger charge is 2.22. The number of carbonyl (C=O) groups is 1. The van der Waals surface area contributed by atoms with Gasteiger partial charge in [-0.2, -0.15) is 0 Å². The van der Waals surface area contributed by atoms with Crippen LogP contribution in [-0.4, -0.2) is 20.9 Å². The predicted octanol–water partition coefficient (Wildman–Crippen LogP) is 3.14. The Kier molecular flexibility index (Phi) is 5.11. The van der Waals surface area contributed by atoms with Gasteiger partial charge in [-0.25, -0.2) is 8.42 Å². The van der Waals surface area contributed by atoms with Crippen molar-refractivity contribution in [3.05, 3.63) is 18.2 Å². The average molecular weight is 332 g/mol. The van der Waals surface area contributed by atoms with Crippen molar-refractivity contribution in [2.45, 2.75) is 37.5 Å². The third-order valence-corrected chi connectivity index (χ3v) is 4.83. The normalized spacial score (nSPS) is 15.3. The van der Waals surface area contributed by atoms with E-state index >= 15 is 0 Å². The van der Waals surface area contributed by atoms with Crippen molar-refractivity contribution in [2.24, 2.45) is 5.92 Å². The Morgan fingerprint density at radius 1 is 1.43 bits per heavy atom. The Balaban J connectivity index is 2.14. The topological polar surface area (TPSA) is 72.5 Å². The molecule has 1 fully saturated rings. The van der Waals surface area contributed by atoms with Crippen molar-refractivity contribution < 1.29 is 17.9 Å². The quantitative estimate of drug-likeness (QED) is 0.813. The lowest BCUT2D eigenvalue weighted by atomic mass is 9.83. The van der Waals surface area contributed by atoms with E-state index in [2.05, 4.69) is 5.32 Å². The second kappa shape index (κ2) is 6.66. The number of nitrogens with one attached hydrogen (secondary N) is 1. The van der Waals surface area contributed by atoms with Gasteiger partial charge in [-0.3, -0.25) is 4.79 Å². The minimum atomic E-state index is -3.93. The summed E-state index contributed by atoms with van der Waals surface area (Å²) in [4.78, 5) is 11.7. The summed E-state index contributed by atoms with van der Waals surface area (Å²) in [7, 11) is 1.47. The van der Waals surface area contributed by atoms with Crippen LogP contribution in [0.3, 0.4) is 0 Å². The van der Waals surface area contributed by atoms with Crippen molar-refractivity contribution in [1.82, 2.24) is 0 Å². The Morgan fingerprint density at radius 2 is 2.14 bits per heavy atom. The molecule has 1 aliphatic carbocycles. The standard InChI is InChI=1S/C14H18ClNO4S/c1-2-20-12-7-6-11(9-13(12)21(15,18)19)16-14(17)8-10-4-3-5-10/h6-7,9-10H,2-5,8H2,1H3,(H,16,17). The first-order valence-electron chi connectivity index (χ1n) is 6.91. The number of ether oxygens (including phenoxy) is 1. The number of hydrogen-bond donors (Lipinski definition) is 1. The van der Waals surface area contributed by atoms with Crippen LogP contribution in [0.5, 0.6) is 5.75 Å². The minimum Gasteiger partial charge on any atom is -0.492 e. The first kappa shape index (κ1) is 16.1. The molecule has 0 unspecified atom stereocenters. The maximum absolute atomic E-state index is 11.9. The Labute approximate surface area is 129 Å². The van der Waals surface area contributed by atoms with Crippen LogP contribution in [0, 0.1) is 5.92 Å².